The van der Waals surface area contributed by atoms with E-state index >= 15 is 0 Å². The number of rotatable bonds is 2. The molecule has 0 fully saturated rings. The second-order valence-electron chi connectivity index (χ2n) is 2.08. The van der Waals surface area contributed by atoms with E-state index in [4.69, 9.17) is 5.11 Å². The Morgan fingerprint density at radius 2 is 2.08 bits per heavy atom. The molecule has 0 aliphatic heterocycles. The summed E-state index contributed by atoms with van der Waals surface area (Å²) in [5, 5.41) is 8.18. The van der Waals surface area contributed by atoms with E-state index in [1.807, 2.05) is 0 Å². The van der Waals surface area contributed by atoms with Crippen LogP contribution < -0.4 is 0 Å². The first-order valence-corrected chi connectivity index (χ1v) is 3.20. The average Bonchev–Trinajstić information content (AvgIpc) is 2.06. The minimum absolute atomic E-state index is 0.477. The summed E-state index contributed by atoms with van der Waals surface area (Å²) in [5.41, 5.74) is 0.477. The van der Waals surface area contributed by atoms with Crippen molar-refractivity contribution in [2.24, 2.45) is 0 Å². The summed E-state index contributed by atoms with van der Waals surface area (Å²) in [6.07, 6.45) is 3.85. The van der Waals surface area contributed by atoms with Gasteiger partial charge in [-0.05, 0) is 23.8 Å². The van der Waals surface area contributed by atoms with Crippen LogP contribution in [-0.2, 0) is 4.79 Å². The van der Waals surface area contributed by atoms with Crippen molar-refractivity contribution in [1.29, 1.82) is 0 Å². The fourth-order valence-corrected chi connectivity index (χ4v) is 0.668. The number of carboxylic acids is 1. The van der Waals surface area contributed by atoms with Gasteiger partial charge >= 0.3 is 5.97 Å². The third-order valence-corrected chi connectivity index (χ3v) is 1.20. The van der Waals surface area contributed by atoms with Crippen LogP contribution in [0.5, 0.6) is 0 Å². The van der Waals surface area contributed by atoms with Gasteiger partial charge in [-0.25, -0.2) is 4.79 Å². The molecular formula is C8H6FNO2. The first kappa shape index (κ1) is 8.39. The fourth-order valence-electron chi connectivity index (χ4n) is 0.668. The summed E-state index contributed by atoms with van der Waals surface area (Å²) in [6, 6.07) is 3.03. The molecule has 4 heteroatoms. The Hall–Kier alpha value is -1.71. The molecule has 1 heterocycles. The first-order chi connectivity index (χ1) is 5.70. The van der Waals surface area contributed by atoms with Gasteiger partial charge < -0.3 is 5.11 Å². The van der Waals surface area contributed by atoms with Crippen molar-refractivity contribution in [3.05, 3.63) is 35.9 Å². The summed E-state index contributed by atoms with van der Waals surface area (Å²) < 4.78 is 12.5. The molecule has 1 aromatic heterocycles. The van der Waals surface area contributed by atoms with Gasteiger partial charge in [0.25, 0.3) is 0 Å². The molecule has 0 atom stereocenters. The van der Waals surface area contributed by atoms with Gasteiger partial charge in [0.05, 0.1) is 0 Å². The Kier molecular flexibility index (Phi) is 2.53. The normalized spacial score (nSPS) is 11.2. The molecule has 62 valence electrons. The van der Waals surface area contributed by atoms with Gasteiger partial charge in [0.15, 0.2) is 0 Å². The summed E-state index contributed by atoms with van der Waals surface area (Å²) in [4.78, 5) is 13.7. The maximum Gasteiger partial charge on any atom is 0.364 e. The molecule has 1 rings (SSSR count). The van der Waals surface area contributed by atoms with E-state index in [-0.39, 0.29) is 0 Å². The van der Waals surface area contributed by atoms with Gasteiger partial charge in [-0.15, -0.1) is 0 Å². The number of nitrogens with zero attached hydrogens (tertiary/aromatic N) is 1. The van der Waals surface area contributed by atoms with E-state index in [1.54, 1.807) is 0 Å². The van der Waals surface area contributed by atoms with Crippen molar-refractivity contribution in [3.63, 3.8) is 0 Å². The van der Waals surface area contributed by atoms with Crippen molar-refractivity contribution in [1.82, 2.24) is 4.98 Å². The number of carboxylic acid groups (broad SMARTS) is 1. The molecule has 0 aliphatic rings. The molecule has 0 spiro atoms. The number of pyridine rings is 1. The smallest absolute Gasteiger partial charge is 0.364 e. The number of halogens is 1. The molecule has 0 saturated carbocycles. The molecule has 0 saturated heterocycles. The van der Waals surface area contributed by atoms with Crippen molar-refractivity contribution in [3.8, 4) is 0 Å². The van der Waals surface area contributed by atoms with Crippen LogP contribution in [-0.4, -0.2) is 16.1 Å². The highest BCUT2D eigenvalue weighted by molar-refractivity contribution is 5.89. The quantitative estimate of drug-likeness (QED) is 0.678. The summed E-state index contributed by atoms with van der Waals surface area (Å²) in [7, 11) is 0. The number of aliphatic carboxylic acids is 1. The number of carbonyl (C=O) groups is 1. The van der Waals surface area contributed by atoms with Gasteiger partial charge in [-0.3, -0.25) is 4.98 Å². The lowest BCUT2D eigenvalue weighted by molar-refractivity contribution is -0.134. The largest absolute Gasteiger partial charge is 0.476 e. The Labute approximate surface area is 68.2 Å². The van der Waals surface area contributed by atoms with Gasteiger partial charge in [-0.1, -0.05) is 0 Å². The maximum absolute atomic E-state index is 12.5. The molecule has 0 bridgehead atoms. The summed E-state index contributed by atoms with van der Waals surface area (Å²) >= 11 is 0. The SMILES string of the molecule is O=C(O)/C(F)=C/c1ccncc1. The van der Waals surface area contributed by atoms with Crippen molar-refractivity contribution >= 4 is 12.0 Å². The van der Waals surface area contributed by atoms with Gasteiger partial charge in [-0.2, -0.15) is 4.39 Å². The van der Waals surface area contributed by atoms with Gasteiger partial charge in [0.1, 0.15) is 0 Å². The topological polar surface area (TPSA) is 50.2 Å². The predicted molar refractivity (Wildman–Crippen MR) is 41.0 cm³/mol. The highest BCUT2D eigenvalue weighted by Crippen LogP contribution is 2.05. The summed E-state index contributed by atoms with van der Waals surface area (Å²) in [5.74, 6) is -2.74. The lowest BCUT2D eigenvalue weighted by Crippen LogP contribution is -1.93. The summed E-state index contributed by atoms with van der Waals surface area (Å²) in [6.45, 7) is 0. The molecule has 0 amide bonds. The Morgan fingerprint density at radius 1 is 1.50 bits per heavy atom. The standard InChI is InChI=1S/C8H6FNO2/c9-7(8(11)12)5-6-1-3-10-4-2-6/h1-5H,(H,11,12)/b7-5-. The van der Waals surface area contributed by atoms with Crippen LogP contribution in [0.3, 0.4) is 0 Å². The minimum Gasteiger partial charge on any atom is -0.476 e. The molecule has 3 nitrogen and oxygen atoms in total. The van der Waals surface area contributed by atoms with Crippen LogP contribution in [0, 0.1) is 0 Å². The van der Waals surface area contributed by atoms with Crippen molar-refractivity contribution in [2.45, 2.75) is 0 Å². The second kappa shape index (κ2) is 3.61. The van der Waals surface area contributed by atoms with Gasteiger partial charge in [0, 0.05) is 12.4 Å². The second-order valence-corrected chi connectivity index (χ2v) is 2.08. The molecule has 12 heavy (non-hydrogen) atoms. The maximum atomic E-state index is 12.5. The number of hydrogen-bond acceptors (Lipinski definition) is 2. The van der Waals surface area contributed by atoms with Crippen LogP contribution in [0.1, 0.15) is 5.56 Å². The molecule has 1 N–H and O–H groups in total. The molecule has 0 radical (unpaired) electrons. The van der Waals surface area contributed by atoms with Crippen LogP contribution in [0.4, 0.5) is 4.39 Å². The van der Waals surface area contributed by atoms with E-state index in [2.05, 4.69) is 4.98 Å². The molecule has 0 unspecified atom stereocenters. The van der Waals surface area contributed by atoms with Crippen LogP contribution in [0.25, 0.3) is 6.08 Å². The number of aromatic nitrogens is 1. The Balaban J connectivity index is 2.89. The molecular weight excluding hydrogens is 161 g/mol. The van der Waals surface area contributed by atoms with E-state index in [0.29, 0.717) is 5.56 Å². The third kappa shape index (κ3) is 2.16. The first-order valence-electron chi connectivity index (χ1n) is 3.20. The third-order valence-electron chi connectivity index (χ3n) is 1.20. The molecule has 0 aliphatic carbocycles. The van der Waals surface area contributed by atoms with E-state index in [1.165, 1.54) is 24.5 Å². The number of hydrogen-bond donors (Lipinski definition) is 1. The van der Waals surface area contributed by atoms with Gasteiger partial charge in [0.2, 0.25) is 5.83 Å². The van der Waals surface area contributed by atoms with Crippen molar-refractivity contribution < 1.29 is 14.3 Å². The van der Waals surface area contributed by atoms with Crippen molar-refractivity contribution in [2.75, 3.05) is 0 Å². The van der Waals surface area contributed by atoms with Crippen LogP contribution in [0.15, 0.2) is 30.4 Å². The monoisotopic (exact) mass is 167 g/mol. The predicted octanol–water partition coefficient (Wildman–Crippen LogP) is 1.48. The minimum atomic E-state index is -1.56. The highest BCUT2D eigenvalue weighted by Gasteiger charge is 2.03. The molecule has 1 aromatic rings. The lowest BCUT2D eigenvalue weighted by atomic mass is 10.2. The van der Waals surface area contributed by atoms with Crippen LogP contribution in [0.2, 0.25) is 0 Å². The zero-order chi connectivity index (χ0) is 8.97. The zero-order valence-electron chi connectivity index (χ0n) is 6.07. The van der Waals surface area contributed by atoms with E-state index < -0.39 is 11.8 Å². The lowest BCUT2D eigenvalue weighted by Gasteiger charge is -1.90. The van der Waals surface area contributed by atoms with E-state index in [9.17, 15) is 9.18 Å². The zero-order valence-corrected chi connectivity index (χ0v) is 6.07. The average molecular weight is 167 g/mol. The Bertz CT molecular complexity index is 308. The highest BCUT2D eigenvalue weighted by atomic mass is 19.1. The fraction of sp³-hybridized carbons (Fsp3) is 0. The van der Waals surface area contributed by atoms with E-state index in [0.717, 1.165) is 6.08 Å². The Morgan fingerprint density at radius 3 is 2.58 bits per heavy atom. The van der Waals surface area contributed by atoms with Crippen LogP contribution >= 0.6 is 0 Å². The molecule has 0 aromatic carbocycles.